The number of nitrogens with one attached hydrogen (secondary N) is 2. The molecule has 4 heteroatoms. The van der Waals surface area contributed by atoms with Crippen molar-refractivity contribution < 1.29 is 4.79 Å². The zero-order valence-corrected chi connectivity index (χ0v) is 10.8. The maximum Gasteiger partial charge on any atom is 0.244 e. The standard InChI is InChI=1S/C13H21N3O/c1-13(2)6-4-8-16(10-5-7-15-9-10)12(17)11(13)14-3/h5,7,9,11,14-15H,4,6,8H2,1-3H3. The van der Waals surface area contributed by atoms with Crippen molar-refractivity contribution in [3.05, 3.63) is 18.5 Å². The largest absolute Gasteiger partial charge is 0.366 e. The van der Waals surface area contributed by atoms with Crippen LogP contribution in [0, 0.1) is 5.41 Å². The first-order chi connectivity index (χ1) is 8.06. The monoisotopic (exact) mass is 235 g/mol. The van der Waals surface area contributed by atoms with E-state index in [9.17, 15) is 4.79 Å². The highest BCUT2D eigenvalue weighted by atomic mass is 16.2. The summed E-state index contributed by atoms with van der Waals surface area (Å²) in [5, 5.41) is 3.17. The van der Waals surface area contributed by atoms with E-state index in [1.54, 1.807) is 0 Å². The number of hydrogen-bond acceptors (Lipinski definition) is 2. The quantitative estimate of drug-likeness (QED) is 0.820. The van der Waals surface area contributed by atoms with E-state index in [4.69, 9.17) is 0 Å². The lowest BCUT2D eigenvalue weighted by molar-refractivity contribution is -0.122. The van der Waals surface area contributed by atoms with Crippen molar-refractivity contribution in [3.8, 4) is 0 Å². The molecule has 4 nitrogen and oxygen atoms in total. The molecule has 0 bridgehead atoms. The zero-order chi connectivity index (χ0) is 12.5. The molecule has 2 rings (SSSR count). The van der Waals surface area contributed by atoms with Crippen LogP contribution in [0.3, 0.4) is 0 Å². The van der Waals surface area contributed by atoms with Gasteiger partial charge in [-0.2, -0.15) is 0 Å². The number of aromatic amines is 1. The van der Waals surface area contributed by atoms with Crippen molar-refractivity contribution >= 4 is 11.6 Å². The molecule has 0 radical (unpaired) electrons. The summed E-state index contributed by atoms with van der Waals surface area (Å²) in [5.41, 5.74) is 0.976. The van der Waals surface area contributed by atoms with Gasteiger partial charge in [0.2, 0.25) is 5.91 Å². The summed E-state index contributed by atoms with van der Waals surface area (Å²) >= 11 is 0. The first-order valence-corrected chi connectivity index (χ1v) is 6.18. The van der Waals surface area contributed by atoms with Gasteiger partial charge in [-0.15, -0.1) is 0 Å². The fraction of sp³-hybridized carbons (Fsp3) is 0.615. The van der Waals surface area contributed by atoms with Gasteiger partial charge in [-0.05, 0) is 31.4 Å². The number of aromatic nitrogens is 1. The second-order valence-corrected chi connectivity index (χ2v) is 5.37. The molecule has 1 aromatic rings. The van der Waals surface area contributed by atoms with Gasteiger partial charge in [-0.25, -0.2) is 0 Å². The van der Waals surface area contributed by atoms with E-state index >= 15 is 0 Å². The molecule has 2 N–H and O–H groups in total. The highest BCUT2D eigenvalue weighted by Crippen LogP contribution is 2.32. The molecule has 0 spiro atoms. The number of amides is 1. The zero-order valence-electron chi connectivity index (χ0n) is 10.8. The highest BCUT2D eigenvalue weighted by Gasteiger charge is 2.39. The Morgan fingerprint density at radius 3 is 2.88 bits per heavy atom. The topological polar surface area (TPSA) is 48.1 Å². The Balaban J connectivity index is 2.29. The van der Waals surface area contributed by atoms with E-state index < -0.39 is 0 Å². The maximum atomic E-state index is 12.5. The summed E-state index contributed by atoms with van der Waals surface area (Å²) in [6.07, 6.45) is 5.84. The van der Waals surface area contributed by atoms with Crippen molar-refractivity contribution in [2.45, 2.75) is 32.7 Å². The number of H-pyrrole nitrogens is 1. The lowest BCUT2D eigenvalue weighted by Crippen LogP contribution is -2.50. The summed E-state index contributed by atoms with van der Waals surface area (Å²) in [6, 6.07) is 1.84. The number of hydrogen-bond donors (Lipinski definition) is 2. The fourth-order valence-corrected chi connectivity index (χ4v) is 2.69. The maximum absolute atomic E-state index is 12.5. The van der Waals surface area contributed by atoms with Crippen LogP contribution >= 0.6 is 0 Å². The molecule has 0 saturated carbocycles. The number of anilines is 1. The SMILES string of the molecule is CNC1C(=O)N(c2cc[nH]c2)CCCC1(C)C. The van der Waals surface area contributed by atoms with Gasteiger partial charge in [-0.3, -0.25) is 4.79 Å². The van der Waals surface area contributed by atoms with Gasteiger partial charge < -0.3 is 15.2 Å². The Morgan fingerprint density at radius 2 is 2.29 bits per heavy atom. The van der Waals surface area contributed by atoms with Gasteiger partial charge in [-0.1, -0.05) is 13.8 Å². The Morgan fingerprint density at radius 1 is 1.53 bits per heavy atom. The molecular weight excluding hydrogens is 214 g/mol. The molecule has 1 fully saturated rings. The summed E-state index contributed by atoms with van der Waals surface area (Å²) in [7, 11) is 1.87. The van der Waals surface area contributed by atoms with Crippen LogP contribution in [0.25, 0.3) is 0 Å². The third-order valence-electron chi connectivity index (χ3n) is 3.68. The van der Waals surface area contributed by atoms with Crippen molar-refractivity contribution in [3.63, 3.8) is 0 Å². The molecule has 1 atom stereocenters. The molecule has 0 aliphatic carbocycles. The molecule has 1 amide bonds. The predicted molar refractivity (Wildman–Crippen MR) is 69.0 cm³/mol. The first kappa shape index (κ1) is 12.2. The Hall–Kier alpha value is -1.29. The van der Waals surface area contributed by atoms with Gasteiger partial charge >= 0.3 is 0 Å². The minimum absolute atomic E-state index is 0.0108. The van der Waals surface area contributed by atoms with Crippen LogP contribution in [0.15, 0.2) is 18.5 Å². The van der Waals surface area contributed by atoms with E-state index in [0.29, 0.717) is 0 Å². The minimum atomic E-state index is -0.111. The third-order valence-corrected chi connectivity index (χ3v) is 3.68. The summed E-state index contributed by atoms with van der Waals surface area (Å²) in [4.78, 5) is 17.4. The second-order valence-electron chi connectivity index (χ2n) is 5.37. The average molecular weight is 235 g/mol. The molecule has 1 aliphatic heterocycles. The molecule has 1 saturated heterocycles. The second kappa shape index (κ2) is 4.53. The smallest absolute Gasteiger partial charge is 0.244 e. The number of nitrogens with zero attached hydrogens (tertiary/aromatic N) is 1. The Bertz CT molecular complexity index is 383. The molecule has 1 aromatic heterocycles. The number of carbonyl (C=O) groups is 1. The lowest BCUT2D eigenvalue weighted by atomic mass is 9.80. The summed E-state index contributed by atoms with van der Waals surface area (Å²) < 4.78 is 0. The van der Waals surface area contributed by atoms with Crippen LogP contribution < -0.4 is 10.2 Å². The molecule has 17 heavy (non-hydrogen) atoms. The van der Waals surface area contributed by atoms with Gasteiger partial charge in [0.1, 0.15) is 0 Å². The number of likely N-dealkylation sites (N-methyl/N-ethyl adjacent to an activating group) is 1. The van der Waals surface area contributed by atoms with Gasteiger partial charge in [0, 0.05) is 18.9 Å². The van der Waals surface area contributed by atoms with Crippen LogP contribution in [0.4, 0.5) is 5.69 Å². The van der Waals surface area contributed by atoms with Crippen LogP contribution in [0.5, 0.6) is 0 Å². The minimum Gasteiger partial charge on any atom is -0.366 e. The molecule has 1 aliphatic rings. The van der Waals surface area contributed by atoms with Crippen molar-refractivity contribution in [1.82, 2.24) is 10.3 Å². The summed E-state index contributed by atoms with van der Waals surface area (Å²) in [6.45, 7) is 5.12. The average Bonchev–Trinajstić information content (AvgIpc) is 2.74. The normalized spacial score (nSPS) is 24.8. The lowest BCUT2D eigenvalue weighted by Gasteiger charge is -2.32. The third kappa shape index (κ3) is 2.22. The van der Waals surface area contributed by atoms with Gasteiger partial charge in [0.05, 0.1) is 11.7 Å². The molecule has 94 valence electrons. The van der Waals surface area contributed by atoms with Gasteiger partial charge in [0.15, 0.2) is 0 Å². The van der Waals surface area contributed by atoms with Crippen molar-refractivity contribution in [1.29, 1.82) is 0 Å². The predicted octanol–water partition coefficient (Wildman–Crippen LogP) is 1.76. The Labute approximate surface area is 102 Å². The van der Waals surface area contributed by atoms with Crippen LogP contribution in [0.2, 0.25) is 0 Å². The van der Waals surface area contributed by atoms with Gasteiger partial charge in [0.25, 0.3) is 0 Å². The fourth-order valence-electron chi connectivity index (χ4n) is 2.69. The van der Waals surface area contributed by atoms with Crippen molar-refractivity contribution in [2.24, 2.45) is 5.41 Å². The van der Waals surface area contributed by atoms with E-state index in [0.717, 1.165) is 25.1 Å². The van der Waals surface area contributed by atoms with E-state index in [-0.39, 0.29) is 17.4 Å². The van der Waals surface area contributed by atoms with Crippen LogP contribution in [-0.2, 0) is 4.79 Å². The Kier molecular flexibility index (Phi) is 3.24. The highest BCUT2D eigenvalue weighted by molar-refractivity contribution is 5.97. The summed E-state index contributed by atoms with van der Waals surface area (Å²) in [5.74, 6) is 0.176. The molecule has 1 unspecified atom stereocenters. The van der Waals surface area contributed by atoms with E-state index in [2.05, 4.69) is 24.1 Å². The molecule has 2 heterocycles. The molecular formula is C13H21N3O. The number of carbonyl (C=O) groups excluding carboxylic acids is 1. The van der Waals surface area contributed by atoms with Crippen LogP contribution in [0.1, 0.15) is 26.7 Å². The van der Waals surface area contributed by atoms with Crippen LogP contribution in [-0.4, -0.2) is 30.5 Å². The first-order valence-electron chi connectivity index (χ1n) is 6.18. The molecule has 0 aromatic carbocycles. The van der Waals surface area contributed by atoms with E-state index in [1.807, 2.05) is 30.4 Å². The number of rotatable bonds is 2. The van der Waals surface area contributed by atoms with Crippen molar-refractivity contribution in [2.75, 3.05) is 18.5 Å². The van der Waals surface area contributed by atoms with E-state index in [1.165, 1.54) is 0 Å².